The van der Waals surface area contributed by atoms with Gasteiger partial charge in [-0.25, -0.2) is 0 Å². The SMILES string of the molecule is C1CCOC1.Cl.[V]. The second-order valence-electron chi connectivity index (χ2n) is 1.32. The van der Waals surface area contributed by atoms with Crippen molar-refractivity contribution < 1.29 is 23.3 Å². The van der Waals surface area contributed by atoms with Crippen molar-refractivity contribution in [3.05, 3.63) is 0 Å². The Kier molecular flexibility index (Phi) is 10.5. The molecule has 1 aliphatic rings. The average Bonchev–Trinajstić information content (AvgIpc) is 1.76. The first-order valence-electron chi connectivity index (χ1n) is 2.08. The van der Waals surface area contributed by atoms with Crippen LogP contribution in [0.2, 0.25) is 0 Å². The third-order valence-corrected chi connectivity index (χ3v) is 0.827. The molecule has 43 valence electrons. The Morgan fingerprint density at radius 1 is 1.00 bits per heavy atom. The maximum atomic E-state index is 4.94. The minimum Gasteiger partial charge on any atom is -0.381 e. The summed E-state index contributed by atoms with van der Waals surface area (Å²) in [4.78, 5) is 0. The summed E-state index contributed by atoms with van der Waals surface area (Å²) in [5.74, 6) is 0. The zero-order chi connectivity index (χ0) is 3.54. The van der Waals surface area contributed by atoms with Crippen LogP contribution in [0.25, 0.3) is 0 Å². The van der Waals surface area contributed by atoms with Crippen molar-refractivity contribution in [2.45, 2.75) is 12.8 Å². The molecule has 0 aliphatic carbocycles. The molecule has 0 N–H and O–H groups in total. The number of hydrogen-bond donors (Lipinski definition) is 0. The van der Waals surface area contributed by atoms with Crippen molar-refractivity contribution >= 4 is 12.4 Å². The Hall–Kier alpha value is 0.834. The molecule has 1 heterocycles. The predicted octanol–water partition coefficient (Wildman–Crippen LogP) is 1.22. The Bertz CT molecular complexity index is 23.3. The molecule has 1 saturated heterocycles. The van der Waals surface area contributed by atoms with Gasteiger partial charge in [-0.05, 0) is 12.8 Å². The summed E-state index contributed by atoms with van der Waals surface area (Å²) < 4.78 is 4.94. The number of rotatable bonds is 0. The van der Waals surface area contributed by atoms with Gasteiger partial charge in [0, 0.05) is 31.8 Å². The summed E-state index contributed by atoms with van der Waals surface area (Å²) in [6.07, 6.45) is 2.56. The molecule has 0 aromatic heterocycles. The summed E-state index contributed by atoms with van der Waals surface area (Å²) in [5.41, 5.74) is 0. The van der Waals surface area contributed by atoms with E-state index in [1.54, 1.807) is 0 Å². The maximum Gasteiger partial charge on any atom is 0.0466 e. The Morgan fingerprint density at radius 2 is 1.43 bits per heavy atom. The van der Waals surface area contributed by atoms with Crippen molar-refractivity contribution in [3.63, 3.8) is 0 Å². The van der Waals surface area contributed by atoms with E-state index >= 15 is 0 Å². The zero-order valence-electron chi connectivity index (χ0n) is 4.09. The fraction of sp³-hybridized carbons (Fsp3) is 1.00. The fourth-order valence-corrected chi connectivity index (χ4v) is 0.510. The monoisotopic (exact) mass is 159 g/mol. The van der Waals surface area contributed by atoms with E-state index in [1.807, 2.05) is 0 Å². The van der Waals surface area contributed by atoms with Gasteiger partial charge in [0.05, 0.1) is 0 Å². The number of ether oxygens (including phenoxy) is 1. The average molecular weight is 160 g/mol. The van der Waals surface area contributed by atoms with Crippen LogP contribution >= 0.6 is 12.4 Å². The molecular formula is C4H9ClOV. The quantitative estimate of drug-likeness (QED) is 0.516. The van der Waals surface area contributed by atoms with Crippen molar-refractivity contribution in [3.8, 4) is 0 Å². The molecule has 0 aromatic rings. The molecule has 3 heteroatoms. The van der Waals surface area contributed by atoms with Crippen LogP contribution in [0, 0.1) is 0 Å². The molecule has 0 bridgehead atoms. The largest absolute Gasteiger partial charge is 0.381 e. The third-order valence-electron chi connectivity index (χ3n) is 0.827. The van der Waals surface area contributed by atoms with E-state index < -0.39 is 0 Å². The third kappa shape index (κ3) is 4.69. The first-order valence-corrected chi connectivity index (χ1v) is 2.08. The van der Waals surface area contributed by atoms with Gasteiger partial charge in [0.25, 0.3) is 0 Å². The first-order chi connectivity index (χ1) is 2.50. The van der Waals surface area contributed by atoms with Crippen LogP contribution in [-0.2, 0) is 23.3 Å². The van der Waals surface area contributed by atoms with Crippen LogP contribution in [0.5, 0.6) is 0 Å². The van der Waals surface area contributed by atoms with E-state index in [-0.39, 0.29) is 31.0 Å². The van der Waals surface area contributed by atoms with Gasteiger partial charge in [-0.15, -0.1) is 12.4 Å². The van der Waals surface area contributed by atoms with Gasteiger partial charge in [0.2, 0.25) is 0 Å². The Balaban J connectivity index is 0. The van der Waals surface area contributed by atoms with Gasteiger partial charge in [0.1, 0.15) is 0 Å². The molecule has 1 fully saturated rings. The molecule has 0 atom stereocenters. The Labute approximate surface area is 62.1 Å². The molecule has 1 aliphatic heterocycles. The normalized spacial score (nSPS) is 17.1. The summed E-state index contributed by atoms with van der Waals surface area (Å²) >= 11 is 0. The van der Waals surface area contributed by atoms with Crippen molar-refractivity contribution in [2.75, 3.05) is 13.2 Å². The summed E-state index contributed by atoms with van der Waals surface area (Å²) in [6.45, 7) is 2.00. The van der Waals surface area contributed by atoms with Gasteiger partial charge in [-0.3, -0.25) is 0 Å². The van der Waals surface area contributed by atoms with Gasteiger partial charge >= 0.3 is 0 Å². The zero-order valence-corrected chi connectivity index (χ0v) is 6.31. The van der Waals surface area contributed by atoms with Crippen LogP contribution in [0.15, 0.2) is 0 Å². The van der Waals surface area contributed by atoms with Crippen LogP contribution in [0.4, 0.5) is 0 Å². The maximum absolute atomic E-state index is 4.94. The van der Waals surface area contributed by atoms with Crippen molar-refractivity contribution in [1.82, 2.24) is 0 Å². The molecule has 1 nitrogen and oxygen atoms in total. The molecular weight excluding hydrogens is 150 g/mol. The van der Waals surface area contributed by atoms with Crippen LogP contribution in [-0.4, -0.2) is 13.2 Å². The van der Waals surface area contributed by atoms with Gasteiger partial charge in [0.15, 0.2) is 0 Å². The van der Waals surface area contributed by atoms with Crippen LogP contribution in [0.1, 0.15) is 12.8 Å². The minimum absolute atomic E-state index is 0. The predicted molar refractivity (Wildman–Crippen MR) is 27.3 cm³/mol. The van der Waals surface area contributed by atoms with E-state index in [9.17, 15) is 0 Å². The molecule has 0 saturated carbocycles. The van der Waals surface area contributed by atoms with Gasteiger partial charge in [-0.1, -0.05) is 0 Å². The molecule has 1 radical (unpaired) electrons. The van der Waals surface area contributed by atoms with Crippen molar-refractivity contribution in [2.24, 2.45) is 0 Å². The summed E-state index contributed by atoms with van der Waals surface area (Å²) in [6, 6.07) is 0. The second-order valence-corrected chi connectivity index (χ2v) is 1.32. The fourth-order valence-electron chi connectivity index (χ4n) is 0.510. The molecule has 0 aromatic carbocycles. The van der Waals surface area contributed by atoms with Gasteiger partial charge < -0.3 is 4.74 Å². The molecule has 0 unspecified atom stereocenters. The Morgan fingerprint density at radius 3 is 1.57 bits per heavy atom. The van der Waals surface area contributed by atoms with Crippen LogP contribution in [0.3, 0.4) is 0 Å². The summed E-state index contributed by atoms with van der Waals surface area (Å²) in [5, 5.41) is 0. The number of hydrogen-bond acceptors (Lipinski definition) is 1. The van der Waals surface area contributed by atoms with Gasteiger partial charge in [-0.2, -0.15) is 0 Å². The standard InChI is InChI=1S/C4H8O.ClH.V/c1-2-4-5-3-1;;/h1-4H2;1H;. The first kappa shape index (κ1) is 10.8. The smallest absolute Gasteiger partial charge is 0.0466 e. The van der Waals surface area contributed by atoms with E-state index in [0.29, 0.717) is 0 Å². The molecule has 7 heavy (non-hydrogen) atoms. The minimum atomic E-state index is 0. The molecule has 0 spiro atoms. The van der Waals surface area contributed by atoms with E-state index in [2.05, 4.69) is 0 Å². The van der Waals surface area contributed by atoms with Crippen LogP contribution < -0.4 is 0 Å². The van der Waals surface area contributed by atoms with E-state index in [1.165, 1.54) is 12.8 Å². The van der Waals surface area contributed by atoms with E-state index in [4.69, 9.17) is 4.74 Å². The van der Waals surface area contributed by atoms with Crippen molar-refractivity contribution in [1.29, 1.82) is 0 Å². The summed E-state index contributed by atoms with van der Waals surface area (Å²) in [7, 11) is 0. The number of halogens is 1. The molecule has 1 rings (SSSR count). The van der Waals surface area contributed by atoms with E-state index in [0.717, 1.165) is 13.2 Å². The second kappa shape index (κ2) is 6.83. The topological polar surface area (TPSA) is 9.23 Å². The molecule has 0 amide bonds.